The molecule has 1 fully saturated rings. The van der Waals surface area contributed by atoms with Crippen molar-refractivity contribution in [3.63, 3.8) is 0 Å². The summed E-state index contributed by atoms with van der Waals surface area (Å²) in [6.45, 7) is 7.49. The number of amides is 2. The maximum absolute atomic E-state index is 13.7. The van der Waals surface area contributed by atoms with Crippen molar-refractivity contribution in [3.8, 4) is 0 Å². The molecule has 1 aliphatic rings. The first-order valence-electron chi connectivity index (χ1n) is 13.6. The van der Waals surface area contributed by atoms with Crippen LogP contribution in [0.2, 0.25) is 0 Å². The Morgan fingerprint density at radius 1 is 0.846 bits per heavy atom. The maximum Gasteiger partial charge on any atom is 0.249 e. The zero-order chi connectivity index (χ0) is 27.3. The van der Waals surface area contributed by atoms with Crippen LogP contribution >= 0.6 is 0 Å². The highest BCUT2D eigenvalue weighted by Crippen LogP contribution is 2.14. The second-order valence-electron chi connectivity index (χ2n) is 9.85. The number of nitrogens with zero attached hydrogens (tertiary/aromatic N) is 3. The van der Waals surface area contributed by atoms with Crippen molar-refractivity contribution in [2.75, 3.05) is 52.5 Å². The Kier molecular flexibility index (Phi) is 11.1. The van der Waals surface area contributed by atoms with Crippen LogP contribution < -0.4 is 0 Å². The van der Waals surface area contributed by atoms with Crippen LogP contribution in [0, 0.1) is 6.92 Å². The molecular weight excluding hydrogens is 494 g/mol. The van der Waals surface area contributed by atoms with Gasteiger partial charge in [0, 0.05) is 32.7 Å². The van der Waals surface area contributed by atoms with Gasteiger partial charge in [0.2, 0.25) is 11.8 Å². The van der Waals surface area contributed by atoms with Gasteiger partial charge >= 0.3 is 0 Å². The molecule has 0 aliphatic carbocycles. The molecule has 0 radical (unpaired) electrons. The Hall–Kier alpha value is -3.46. The minimum Gasteiger partial charge on any atom is -0.464 e. The first kappa shape index (κ1) is 28.5. The molecule has 8 heteroatoms. The van der Waals surface area contributed by atoms with E-state index in [1.54, 1.807) is 9.80 Å². The predicted octanol–water partition coefficient (Wildman–Crippen LogP) is 3.88. The summed E-state index contributed by atoms with van der Waals surface area (Å²) in [6, 6.07) is 23.4. The van der Waals surface area contributed by atoms with Crippen molar-refractivity contribution >= 4 is 11.8 Å². The number of ether oxygens (including phenoxy) is 2. The Labute approximate surface area is 231 Å². The molecule has 0 spiro atoms. The number of morpholine rings is 1. The molecule has 208 valence electrons. The zero-order valence-corrected chi connectivity index (χ0v) is 22.8. The van der Waals surface area contributed by atoms with E-state index >= 15 is 0 Å². The largest absolute Gasteiger partial charge is 0.464 e. The number of benzene rings is 2. The van der Waals surface area contributed by atoms with Gasteiger partial charge in [0.1, 0.15) is 18.1 Å². The van der Waals surface area contributed by atoms with Gasteiger partial charge in [-0.2, -0.15) is 0 Å². The summed E-state index contributed by atoms with van der Waals surface area (Å²) in [5.74, 6) is 1.20. The van der Waals surface area contributed by atoms with Crippen molar-refractivity contribution in [1.29, 1.82) is 0 Å². The quantitative estimate of drug-likeness (QED) is 0.313. The molecule has 8 nitrogen and oxygen atoms in total. The zero-order valence-electron chi connectivity index (χ0n) is 22.8. The van der Waals surface area contributed by atoms with Crippen molar-refractivity contribution in [3.05, 3.63) is 95.4 Å². The smallest absolute Gasteiger partial charge is 0.249 e. The third-order valence-electron chi connectivity index (χ3n) is 6.73. The van der Waals surface area contributed by atoms with Crippen molar-refractivity contribution in [2.24, 2.45) is 0 Å². The lowest BCUT2D eigenvalue weighted by molar-refractivity contribution is -0.144. The molecule has 2 aromatic carbocycles. The van der Waals surface area contributed by atoms with Gasteiger partial charge in [-0.05, 0) is 36.6 Å². The molecule has 1 aliphatic heterocycles. The highest BCUT2D eigenvalue weighted by molar-refractivity contribution is 5.85. The molecule has 1 aromatic heterocycles. The SMILES string of the molecule is Cc1ccc(CN(Cc2ccccc2)C(=O)CN(CCCN2CCOCC2)C(=O)COCc2ccccc2)o1. The van der Waals surface area contributed by atoms with E-state index in [-0.39, 0.29) is 25.0 Å². The molecule has 2 amide bonds. The van der Waals surface area contributed by atoms with E-state index in [1.807, 2.05) is 79.7 Å². The van der Waals surface area contributed by atoms with Crippen molar-refractivity contribution < 1.29 is 23.5 Å². The highest BCUT2D eigenvalue weighted by atomic mass is 16.5. The third-order valence-corrected chi connectivity index (χ3v) is 6.73. The summed E-state index contributed by atoms with van der Waals surface area (Å²) < 4.78 is 17.0. The Balaban J connectivity index is 1.40. The van der Waals surface area contributed by atoms with Crippen LogP contribution in [0.4, 0.5) is 0 Å². The van der Waals surface area contributed by atoms with E-state index in [1.165, 1.54) is 0 Å². The van der Waals surface area contributed by atoms with Crippen LogP contribution in [0.1, 0.15) is 29.1 Å². The highest BCUT2D eigenvalue weighted by Gasteiger charge is 2.23. The molecule has 4 rings (SSSR count). The third kappa shape index (κ3) is 9.66. The number of furan rings is 1. The fourth-order valence-corrected chi connectivity index (χ4v) is 4.58. The summed E-state index contributed by atoms with van der Waals surface area (Å²) in [5, 5.41) is 0. The molecular formula is C31H39N3O5. The molecule has 0 unspecified atom stereocenters. The summed E-state index contributed by atoms with van der Waals surface area (Å²) in [6.07, 6.45) is 0.772. The summed E-state index contributed by atoms with van der Waals surface area (Å²) in [5.41, 5.74) is 2.02. The first-order valence-corrected chi connectivity index (χ1v) is 13.6. The van der Waals surface area contributed by atoms with Crippen molar-refractivity contribution in [1.82, 2.24) is 14.7 Å². The monoisotopic (exact) mass is 533 g/mol. The van der Waals surface area contributed by atoms with Crippen LogP contribution in [-0.4, -0.2) is 79.1 Å². The van der Waals surface area contributed by atoms with Gasteiger partial charge in [0.15, 0.2) is 0 Å². The molecule has 0 atom stereocenters. The average Bonchev–Trinajstić information content (AvgIpc) is 3.38. The summed E-state index contributed by atoms with van der Waals surface area (Å²) >= 11 is 0. The standard InChI is InChI=1S/C31H39N3O5/c1-26-13-14-29(39-26)22-34(21-27-9-4-2-5-10-27)30(35)23-33(16-8-15-32-17-19-37-20-18-32)31(36)25-38-24-28-11-6-3-7-12-28/h2-7,9-14H,8,15-25H2,1H3. The number of aryl methyl sites for hydroxylation is 1. The topological polar surface area (TPSA) is 75.5 Å². The molecule has 3 aromatic rings. The van der Waals surface area contributed by atoms with Crippen LogP contribution in [0.5, 0.6) is 0 Å². The second kappa shape index (κ2) is 15.2. The van der Waals surface area contributed by atoms with Crippen LogP contribution in [-0.2, 0) is 38.8 Å². The first-order chi connectivity index (χ1) is 19.1. The van der Waals surface area contributed by atoms with E-state index in [4.69, 9.17) is 13.9 Å². The Morgan fingerprint density at radius 2 is 1.54 bits per heavy atom. The predicted molar refractivity (Wildman–Crippen MR) is 149 cm³/mol. The summed E-state index contributed by atoms with van der Waals surface area (Å²) in [7, 11) is 0. The van der Waals surface area contributed by atoms with Crippen LogP contribution in [0.15, 0.2) is 77.2 Å². The van der Waals surface area contributed by atoms with Gasteiger partial charge in [-0.15, -0.1) is 0 Å². The van der Waals surface area contributed by atoms with Crippen LogP contribution in [0.3, 0.4) is 0 Å². The van der Waals surface area contributed by atoms with Crippen molar-refractivity contribution in [2.45, 2.75) is 33.0 Å². The number of carbonyl (C=O) groups is 2. The van der Waals surface area contributed by atoms with Gasteiger partial charge in [-0.3, -0.25) is 14.5 Å². The normalized spacial score (nSPS) is 13.8. The fourth-order valence-electron chi connectivity index (χ4n) is 4.58. The lowest BCUT2D eigenvalue weighted by Crippen LogP contribution is -2.45. The van der Waals surface area contributed by atoms with E-state index in [0.717, 1.165) is 56.2 Å². The lowest BCUT2D eigenvalue weighted by atomic mass is 10.2. The van der Waals surface area contributed by atoms with E-state index < -0.39 is 0 Å². The molecule has 0 saturated carbocycles. The molecule has 2 heterocycles. The summed E-state index contributed by atoms with van der Waals surface area (Å²) in [4.78, 5) is 32.7. The number of carbonyl (C=O) groups excluding carboxylic acids is 2. The number of hydrogen-bond donors (Lipinski definition) is 0. The van der Waals surface area contributed by atoms with E-state index in [0.29, 0.717) is 32.0 Å². The fraction of sp³-hybridized carbons (Fsp3) is 0.419. The molecule has 39 heavy (non-hydrogen) atoms. The molecule has 0 N–H and O–H groups in total. The van der Waals surface area contributed by atoms with Gasteiger partial charge in [-0.1, -0.05) is 60.7 Å². The molecule has 1 saturated heterocycles. The maximum atomic E-state index is 13.7. The van der Waals surface area contributed by atoms with Gasteiger partial charge in [-0.25, -0.2) is 0 Å². The Bertz CT molecular complexity index is 1150. The van der Waals surface area contributed by atoms with E-state index in [9.17, 15) is 9.59 Å². The molecule has 0 bridgehead atoms. The van der Waals surface area contributed by atoms with E-state index in [2.05, 4.69) is 4.90 Å². The minimum absolute atomic E-state index is 0.0107. The second-order valence-corrected chi connectivity index (χ2v) is 9.85. The van der Waals surface area contributed by atoms with Gasteiger partial charge in [0.25, 0.3) is 0 Å². The van der Waals surface area contributed by atoms with Gasteiger partial charge < -0.3 is 23.7 Å². The number of hydrogen-bond acceptors (Lipinski definition) is 6. The minimum atomic E-state index is -0.185. The van der Waals surface area contributed by atoms with Gasteiger partial charge in [0.05, 0.1) is 32.9 Å². The lowest BCUT2D eigenvalue weighted by Gasteiger charge is -2.29. The average molecular weight is 534 g/mol. The number of rotatable bonds is 14. The van der Waals surface area contributed by atoms with Crippen LogP contribution in [0.25, 0.3) is 0 Å². The Morgan fingerprint density at radius 3 is 2.21 bits per heavy atom.